The lowest BCUT2D eigenvalue weighted by atomic mass is 9.86. The first-order valence-electron chi connectivity index (χ1n) is 8.90. The van der Waals surface area contributed by atoms with Gasteiger partial charge in [0, 0.05) is 13.1 Å². The van der Waals surface area contributed by atoms with Crippen molar-refractivity contribution in [1.29, 1.82) is 0 Å². The summed E-state index contributed by atoms with van der Waals surface area (Å²) in [6.07, 6.45) is 4.37. The van der Waals surface area contributed by atoms with Gasteiger partial charge in [-0.2, -0.15) is 4.31 Å². The zero-order valence-electron chi connectivity index (χ0n) is 15.4. The van der Waals surface area contributed by atoms with Crippen LogP contribution in [0.5, 0.6) is 0 Å². The molecule has 2 unspecified atom stereocenters. The summed E-state index contributed by atoms with van der Waals surface area (Å²) >= 11 is 1.46. The van der Waals surface area contributed by atoms with Gasteiger partial charge in [-0.25, -0.2) is 13.4 Å². The first-order valence-corrected chi connectivity index (χ1v) is 11.2. The molecule has 1 aliphatic carbocycles. The summed E-state index contributed by atoms with van der Waals surface area (Å²) in [5.74, 6) is 0.191. The van der Waals surface area contributed by atoms with E-state index in [0.717, 1.165) is 38.8 Å². The average molecular weight is 396 g/mol. The van der Waals surface area contributed by atoms with Gasteiger partial charge in [0.05, 0.1) is 26.7 Å². The van der Waals surface area contributed by atoms with Crippen LogP contribution in [0.3, 0.4) is 0 Å². The number of hydrogen-bond donors (Lipinski definition) is 1. The Morgan fingerprint density at radius 2 is 2.08 bits per heavy atom. The third kappa shape index (κ3) is 4.07. The van der Waals surface area contributed by atoms with E-state index in [2.05, 4.69) is 17.2 Å². The highest BCUT2D eigenvalue weighted by molar-refractivity contribution is 7.89. The van der Waals surface area contributed by atoms with Crippen LogP contribution in [0.2, 0.25) is 0 Å². The number of aromatic nitrogens is 1. The molecule has 1 N–H and O–H groups in total. The Hall–Kier alpha value is -1.51. The van der Waals surface area contributed by atoms with Crippen LogP contribution >= 0.6 is 11.3 Å². The maximum atomic E-state index is 12.8. The summed E-state index contributed by atoms with van der Waals surface area (Å²) in [6, 6.07) is 5.04. The minimum absolute atomic E-state index is 0.142. The van der Waals surface area contributed by atoms with Crippen molar-refractivity contribution in [2.75, 3.05) is 13.6 Å². The van der Waals surface area contributed by atoms with Gasteiger partial charge >= 0.3 is 0 Å². The van der Waals surface area contributed by atoms with Crippen LogP contribution in [0.15, 0.2) is 23.1 Å². The van der Waals surface area contributed by atoms with Crippen LogP contribution in [0.4, 0.5) is 0 Å². The second-order valence-corrected chi connectivity index (χ2v) is 10.3. The van der Waals surface area contributed by atoms with Gasteiger partial charge in [-0.05, 0) is 43.9 Å². The van der Waals surface area contributed by atoms with Crippen LogP contribution in [0.25, 0.3) is 10.2 Å². The Morgan fingerprint density at radius 1 is 1.35 bits per heavy atom. The van der Waals surface area contributed by atoms with E-state index in [1.807, 2.05) is 6.92 Å². The first kappa shape index (κ1) is 19.3. The van der Waals surface area contributed by atoms with Crippen molar-refractivity contribution in [3.63, 3.8) is 0 Å². The normalized spacial score (nSPS) is 21.2. The van der Waals surface area contributed by atoms with E-state index in [-0.39, 0.29) is 23.4 Å². The number of nitrogens with zero attached hydrogens (tertiary/aromatic N) is 2. The second kappa shape index (κ2) is 7.62. The summed E-state index contributed by atoms with van der Waals surface area (Å²) in [6.45, 7) is 3.85. The molecule has 2 aromatic rings. The molecule has 1 saturated carbocycles. The number of aryl methyl sites for hydroxylation is 1. The molecule has 1 fully saturated rings. The van der Waals surface area contributed by atoms with Crippen LogP contribution in [0, 0.1) is 12.8 Å². The predicted molar refractivity (Wildman–Crippen MR) is 104 cm³/mol. The smallest absolute Gasteiger partial charge is 0.243 e. The number of amides is 1. The van der Waals surface area contributed by atoms with E-state index in [1.54, 1.807) is 18.2 Å². The number of carbonyl (C=O) groups excluding carboxylic acids is 1. The molecule has 1 aromatic heterocycles. The molecule has 1 aromatic carbocycles. The Bertz CT molecular complexity index is 908. The molecule has 142 valence electrons. The van der Waals surface area contributed by atoms with Crippen molar-refractivity contribution < 1.29 is 13.2 Å². The molecule has 6 nitrogen and oxygen atoms in total. The summed E-state index contributed by atoms with van der Waals surface area (Å²) in [7, 11) is -2.27. The molecule has 26 heavy (non-hydrogen) atoms. The first-order chi connectivity index (χ1) is 12.3. The Kier molecular flexibility index (Phi) is 5.64. The molecule has 1 heterocycles. The predicted octanol–water partition coefficient (Wildman–Crippen LogP) is 2.92. The fourth-order valence-electron chi connectivity index (χ4n) is 3.43. The van der Waals surface area contributed by atoms with Gasteiger partial charge in [-0.3, -0.25) is 4.79 Å². The summed E-state index contributed by atoms with van der Waals surface area (Å²) in [4.78, 5) is 16.9. The number of sulfonamides is 1. The number of fused-ring (bicyclic) bond motifs is 1. The van der Waals surface area contributed by atoms with Gasteiger partial charge in [0.1, 0.15) is 0 Å². The molecule has 0 spiro atoms. The van der Waals surface area contributed by atoms with E-state index < -0.39 is 10.0 Å². The van der Waals surface area contributed by atoms with Gasteiger partial charge in [0.15, 0.2) is 0 Å². The van der Waals surface area contributed by atoms with E-state index in [0.29, 0.717) is 5.92 Å². The lowest BCUT2D eigenvalue weighted by Crippen LogP contribution is -2.46. The molecule has 8 heteroatoms. The fraction of sp³-hybridized carbons (Fsp3) is 0.556. The number of likely N-dealkylation sites (N-methyl/N-ethyl adjacent to an activating group) is 1. The fourth-order valence-corrected chi connectivity index (χ4v) is 5.53. The molecule has 0 bridgehead atoms. The number of nitrogens with one attached hydrogen (secondary N) is 1. The van der Waals surface area contributed by atoms with Crippen molar-refractivity contribution in [1.82, 2.24) is 14.6 Å². The largest absolute Gasteiger partial charge is 0.352 e. The van der Waals surface area contributed by atoms with Crippen molar-refractivity contribution >= 4 is 37.5 Å². The highest BCUT2D eigenvalue weighted by atomic mass is 32.2. The standard InChI is InChI=1S/C18H25N3O3S2/c1-12-6-4-5-7-15(12)20-18(22)11-21(3)26(23,24)14-8-9-16-17(10-14)25-13(2)19-16/h8-10,12,15H,4-7,11H2,1-3H3,(H,20,22). The Balaban J connectivity index is 1.70. The SMILES string of the molecule is Cc1nc2ccc(S(=O)(=O)N(C)CC(=O)NC3CCCCC3C)cc2s1. The molecular weight excluding hydrogens is 370 g/mol. The quantitative estimate of drug-likeness (QED) is 0.844. The van der Waals surface area contributed by atoms with Crippen molar-refractivity contribution in [2.24, 2.45) is 5.92 Å². The van der Waals surface area contributed by atoms with Gasteiger partial charge in [0.2, 0.25) is 15.9 Å². The Morgan fingerprint density at radius 3 is 2.81 bits per heavy atom. The monoisotopic (exact) mass is 395 g/mol. The van der Waals surface area contributed by atoms with E-state index >= 15 is 0 Å². The number of hydrogen-bond acceptors (Lipinski definition) is 5. The van der Waals surface area contributed by atoms with Crippen LogP contribution in [0.1, 0.15) is 37.6 Å². The minimum atomic E-state index is -3.72. The third-order valence-corrected chi connectivity index (χ3v) is 7.73. The lowest BCUT2D eigenvalue weighted by Gasteiger charge is -2.30. The average Bonchev–Trinajstić information content (AvgIpc) is 2.96. The topological polar surface area (TPSA) is 79.4 Å². The number of thiazole rings is 1. The maximum Gasteiger partial charge on any atom is 0.243 e. The van der Waals surface area contributed by atoms with Crippen molar-refractivity contribution in [3.05, 3.63) is 23.2 Å². The minimum Gasteiger partial charge on any atom is -0.352 e. The molecule has 1 aliphatic rings. The molecule has 0 aliphatic heterocycles. The summed E-state index contributed by atoms with van der Waals surface area (Å²) < 4.78 is 27.6. The van der Waals surface area contributed by atoms with Gasteiger partial charge in [-0.1, -0.05) is 19.8 Å². The lowest BCUT2D eigenvalue weighted by molar-refractivity contribution is -0.122. The summed E-state index contributed by atoms with van der Waals surface area (Å²) in [5.41, 5.74) is 0.790. The zero-order chi connectivity index (χ0) is 18.9. The molecule has 3 rings (SSSR count). The van der Waals surface area contributed by atoms with Gasteiger partial charge in [0.25, 0.3) is 0 Å². The summed E-state index contributed by atoms with van der Waals surface area (Å²) in [5, 5.41) is 3.90. The van der Waals surface area contributed by atoms with Gasteiger partial charge in [-0.15, -0.1) is 11.3 Å². The van der Waals surface area contributed by atoms with E-state index in [4.69, 9.17) is 0 Å². The maximum absolute atomic E-state index is 12.8. The molecule has 2 atom stereocenters. The van der Waals surface area contributed by atoms with Crippen LogP contribution in [-0.2, 0) is 14.8 Å². The molecule has 0 radical (unpaired) electrons. The third-order valence-electron chi connectivity index (χ3n) is 5.00. The Labute approximate surface area is 158 Å². The molecule has 1 amide bonds. The highest BCUT2D eigenvalue weighted by Gasteiger charge is 2.27. The van der Waals surface area contributed by atoms with Gasteiger partial charge < -0.3 is 5.32 Å². The number of rotatable bonds is 5. The van der Waals surface area contributed by atoms with Crippen molar-refractivity contribution in [3.8, 4) is 0 Å². The molecular formula is C18H25N3O3S2. The zero-order valence-corrected chi connectivity index (χ0v) is 17.0. The van der Waals surface area contributed by atoms with Crippen molar-refractivity contribution in [2.45, 2.75) is 50.5 Å². The second-order valence-electron chi connectivity index (χ2n) is 7.06. The number of carbonyl (C=O) groups is 1. The number of benzene rings is 1. The highest BCUT2D eigenvalue weighted by Crippen LogP contribution is 2.26. The van der Waals surface area contributed by atoms with E-state index in [1.165, 1.54) is 24.8 Å². The molecule has 0 saturated heterocycles. The van der Waals surface area contributed by atoms with Crippen LogP contribution in [-0.4, -0.2) is 43.2 Å². The van der Waals surface area contributed by atoms with E-state index in [9.17, 15) is 13.2 Å². The van der Waals surface area contributed by atoms with Crippen LogP contribution < -0.4 is 5.32 Å².